The molecule has 0 bridgehead atoms. The van der Waals surface area contributed by atoms with Crippen molar-refractivity contribution in [1.29, 1.82) is 0 Å². The lowest BCUT2D eigenvalue weighted by molar-refractivity contribution is 1.18. The zero-order chi connectivity index (χ0) is 86.5. The fourth-order valence-corrected chi connectivity index (χ4v) is 16.1. The third-order valence-electron chi connectivity index (χ3n) is 23.0. The minimum atomic E-state index is 0. The Morgan fingerprint density at radius 2 is 0.356 bits per heavy atom. The lowest BCUT2D eigenvalue weighted by atomic mass is 9.98. The van der Waals surface area contributed by atoms with Crippen molar-refractivity contribution in [3.05, 3.63) is 483 Å². The molecule has 8 heteroatoms. The predicted molar refractivity (Wildman–Crippen MR) is 560 cm³/mol. The molecule has 0 saturated carbocycles. The Balaban J connectivity index is 0.000000134. The van der Waals surface area contributed by atoms with Gasteiger partial charge in [-0.15, -0.1) is 0 Å². The Morgan fingerprint density at radius 3 is 0.705 bits per heavy atom. The maximum absolute atomic E-state index is 5.05. The van der Waals surface area contributed by atoms with E-state index in [1.807, 2.05) is 48.5 Å². The van der Waals surface area contributed by atoms with Crippen molar-refractivity contribution in [3.8, 4) is 158 Å². The number of benzene rings is 18. The van der Waals surface area contributed by atoms with Gasteiger partial charge >= 0.3 is 0 Å². The van der Waals surface area contributed by atoms with Crippen LogP contribution in [-0.4, -0.2) is 39.9 Å². The molecule has 22 rings (SSSR count). The molecule has 0 saturated heterocycles. The summed E-state index contributed by atoms with van der Waals surface area (Å²) in [6.45, 7) is 8.37. The molecular formula is C124H104N8. The third kappa shape index (κ3) is 20.9. The highest BCUT2D eigenvalue weighted by atomic mass is 14.9. The number of rotatable bonds is 14. The number of aryl methyl sites for hydroxylation is 4. The van der Waals surface area contributed by atoms with E-state index in [1.165, 1.54) is 87.6 Å². The highest BCUT2D eigenvalue weighted by Gasteiger charge is 2.19. The maximum Gasteiger partial charge on any atom is 0.160 e. The van der Waals surface area contributed by atoms with Crippen LogP contribution in [0.15, 0.2) is 461 Å². The molecular weight excluding hydrogens is 1600 g/mol. The lowest BCUT2D eigenvalue weighted by Gasteiger charge is -2.12. The molecule has 0 fully saturated rings. The number of fused-ring (bicyclic) bond motifs is 4. The molecule has 0 atom stereocenters. The van der Waals surface area contributed by atoms with E-state index >= 15 is 0 Å². The summed E-state index contributed by atoms with van der Waals surface area (Å²) >= 11 is 0. The molecule has 0 aliphatic carbocycles. The summed E-state index contributed by atoms with van der Waals surface area (Å²) in [4.78, 5) is 39.7. The molecule has 132 heavy (non-hydrogen) atoms. The molecule has 0 radical (unpaired) electrons. The SMILES string of the molecule is C.C.C.C.Cc1ccc(-c2nc(-c3ccc(-c4ccccc4)cc3)cc(-c3ccc(-c4ccccc4)cc3)n2)cc1.Cc1ccc(-c2nc(-c3cccc4ccccc34)cc(-c3cccc4ccccc34)n2)cc1.Cc1ccc(-c2nc(-c3ccccc3)cc(-c3ccccc3)n2)cc1.Cc1cccc(-c2nc(-c3ccc4ccccc4c3)cc(-c3ccc4ccccc4c3)n2)c1. The van der Waals surface area contributed by atoms with E-state index in [1.54, 1.807) is 0 Å². The second-order valence-electron chi connectivity index (χ2n) is 32.1. The Morgan fingerprint density at radius 1 is 0.129 bits per heavy atom. The van der Waals surface area contributed by atoms with Crippen LogP contribution in [0.2, 0.25) is 0 Å². The van der Waals surface area contributed by atoms with E-state index in [0.29, 0.717) is 0 Å². The minimum absolute atomic E-state index is 0. The summed E-state index contributed by atoms with van der Waals surface area (Å²) in [6, 6.07) is 160. The molecule has 0 spiro atoms. The summed E-state index contributed by atoms with van der Waals surface area (Å²) in [5.74, 6) is 2.96. The quantitative estimate of drug-likeness (QED) is 0.106. The number of hydrogen-bond acceptors (Lipinski definition) is 8. The Labute approximate surface area is 776 Å². The van der Waals surface area contributed by atoms with Crippen molar-refractivity contribution >= 4 is 43.1 Å². The summed E-state index contributed by atoms with van der Waals surface area (Å²) in [5, 5.41) is 9.66. The van der Waals surface area contributed by atoms with Gasteiger partial charge in [0.2, 0.25) is 0 Å². The van der Waals surface area contributed by atoms with Gasteiger partial charge in [-0.2, -0.15) is 0 Å². The average molecular weight is 1710 g/mol. The van der Waals surface area contributed by atoms with E-state index < -0.39 is 0 Å². The van der Waals surface area contributed by atoms with Crippen LogP contribution in [0.25, 0.3) is 201 Å². The van der Waals surface area contributed by atoms with Crippen molar-refractivity contribution < 1.29 is 0 Å². The summed E-state index contributed by atoms with van der Waals surface area (Å²) in [5.41, 5.74) is 29.9. The van der Waals surface area contributed by atoms with Crippen LogP contribution >= 0.6 is 0 Å². The lowest BCUT2D eigenvalue weighted by Crippen LogP contribution is -1.97. The van der Waals surface area contributed by atoms with Gasteiger partial charge in [-0.1, -0.05) is 471 Å². The number of aromatic nitrogens is 8. The van der Waals surface area contributed by atoms with Crippen LogP contribution in [0, 0.1) is 27.7 Å². The second kappa shape index (κ2) is 41.8. The third-order valence-corrected chi connectivity index (χ3v) is 23.0. The van der Waals surface area contributed by atoms with Crippen LogP contribution < -0.4 is 0 Å². The van der Waals surface area contributed by atoms with Gasteiger partial charge in [0, 0.05) is 66.8 Å². The molecule has 4 aromatic heterocycles. The van der Waals surface area contributed by atoms with E-state index in [-0.39, 0.29) is 29.7 Å². The van der Waals surface area contributed by atoms with Gasteiger partial charge in [-0.05, 0) is 136 Å². The molecule has 22 aromatic rings. The molecule has 0 N–H and O–H groups in total. The maximum atomic E-state index is 5.05. The van der Waals surface area contributed by atoms with Crippen molar-refractivity contribution in [2.45, 2.75) is 57.4 Å². The smallest absolute Gasteiger partial charge is 0.160 e. The Bertz CT molecular complexity index is 7300. The predicted octanol–water partition coefficient (Wildman–Crippen LogP) is 33.6. The van der Waals surface area contributed by atoms with Gasteiger partial charge in [0.25, 0.3) is 0 Å². The Kier molecular flexibility index (Phi) is 28.6. The standard InChI is InChI=1S/C35H26N2.2C31H22N2.C23H18N2.4CH4/c1-25-12-14-32(15-13-25)35-36-33(30-20-16-28(17-21-30)26-8-4-2-5-9-26)24-34(37-35)31-22-18-29(19-23-31)27-10-6-3-7-11-27;1-21-16-18-24(19-17-21)31-32-29(27-14-6-10-22-8-2-4-12-25(22)27)20-30(33-31)28-15-7-11-23-9-3-5-13-26(23)28;1-21-7-6-12-28(17-21)31-32-29(26-15-13-22-8-2-4-10-24(22)18-26)20-30(33-31)27-16-14-23-9-3-5-11-25(23)19-27;1-17-12-14-20(15-13-17)23-24-21(18-8-4-2-5-9-18)16-22(25-23)19-10-6-3-7-11-19;;;;/h2-24H,1H3;2*2-20H,1H3;2-16H,1H3;4*1H4. The zero-order valence-corrected chi connectivity index (χ0v) is 71.5. The molecule has 0 unspecified atom stereocenters. The van der Waals surface area contributed by atoms with Gasteiger partial charge in [0.05, 0.1) is 45.6 Å². The summed E-state index contributed by atoms with van der Waals surface area (Å²) < 4.78 is 0. The molecule has 0 aliphatic rings. The topological polar surface area (TPSA) is 103 Å². The van der Waals surface area contributed by atoms with Crippen molar-refractivity contribution in [1.82, 2.24) is 39.9 Å². The summed E-state index contributed by atoms with van der Waals surface area (Å²) in [6.07, 6.45) is 0. The van der Waals surface area contributed by atoms with Crippen LogP contribution in [0.3, 0.4) is 0 Å². The van der Waals surface area contributed by atoms with Crippen LogP contribution in [-0.2, 0) is 0 Å². The van der Waals surface area contributed by atoms with Crippen molar-refractivity contribution in [3.63, 3.8) is 0 Å². The van der Waals surface area contributed by atoms with Gasteiger partial charge in [-0.25, -0.2) is 39.9 Å². The van der Waals surface area contributed by atoms with E-state index in [4.69, 9.17) is 39.9 Å². The van der Waals surface area contributed by atoms with Crippen LogP contribution in [0.5, 0.6) is 0 Å². The molecule has 8 nitrogen and oxygen atoms in total. The monoisotopic (exact) mass is 1700 g/mol. The largest absolute Gasteiger partial charge is 0.228 e. The zero-order valence-electron chi connectivity index (χ0n) is 71.5. The first kappa shape index (κ1) is 90.1. The number of hydrogen-bond donors (Lipinski definition) is 0. The molecule has 0 aliphatic heterocycles. The fourth-order valence-electron chi connectivity index (χ4n) is 16.1. The van der Waals surface area contributed by atoms with E-state index in [2.05, 4.69) is 440 Å². The first-order chi connectivity index (χ1) is 63.0. The normalized spacial score (nSPS) is 10.6. The summed E-state index contributed by atoms with van der Waals surface area (Å²) in [7, 11) is 0. The average Bonchev–Trinajstić information content (AvgIpc) is 0.785. The van der Waals surface area contributed by atoms with Gasteiger partial charge < -0.3 is 0 Å². The highest BCUT2D eigenvalue weighted by molar-refractivity contribution is 6.00. The number of nitrogens with zero attached hydrogens (tertiary/aromatic N) is 8. The second-order valence-corrected chi connectivity index (χ2v) is 32.1. The van der Waals surface area contributed by atoms with Crippen LogP contribution in [0.1, 0.15) is 52.0 Å². The molecule has 640 valence electrons. The van der Waals surface area contributed by atoms with Crippen LogP contribution in [0.4, 0.5) is 0 Å². The Hall–Kier alpha value is -16.7. The van der Waals surface area contributed by atoms with Gasteiger partial charge in [-0.3, -0.25) is 0 Å². The molecule has 4 heterocycles. The van der Waals surface area contributed by atoms with E-state index in [0.717, 1.165) is 136 Å². The van der Waals surface area contributed by atoms with Gasteiger partial charge in [0.1, 0.15) is 0 Å². The first-order valence-corrected chi connectivity index (χ1v) is 43.2. The first-order valence-electron chi connectivity index (χ1n) is 43.2. The molecule has 0 amide bonds. The fraction of sp³-hybridized carbons (Fsp3) is 0.0645. The van der Waals surface area contributed by atoms with Crippen molar-refractivity contribution in [2.24, 2.45) is 0 Å². The van der Waals surface area contributed by atoms with Crippen molar-refractivity contribution in [2.75, 3.05) is 0 Å². The highest BCUT2D eigenvalue weighted by Crippen LogP contribution is 2.39. The minimum Gasteiger partial charge on any atom is -0.228 e. The molecule has 18 aromatic carbocycles. The van der Waals surface area contributed by atoms with Gasteiger partial charge in [0.15, 0.2) is 23.3 Å². The van der Waals surface area contributed by atoms with E-state index in [9.17, 15) is 0 Å².